The summed E-state index contributed by atoms with van der Waals surface area (Å²) in [7, 11) is 1.56. The van der Waals surface area contributed by atoms with E-state index in [2.05, 4.69) is 20.4 Å². The molecule has 1 N–H and O–H groups in total. The predicted octanol–water partition coefficient (Wildman–Crippen LogP) is 1.84. The van der Waals surface area contributed by atoms with Gasteiger partial charge in [-0.1, -0.05) is 11.6 Å². The third-order valence-electron chi connectivity index (χ3n) is 4.43. The van der Waals surface area contributed by atoms with Crippen molar-refractivity contribution in [3.8, 4) is 5.88 Å². The van der Waals surface area contributed by atoms with Crippen LogP contribution in [0.15, 0.2) is 0 Å². The van der Waals surface area contributed by atoms with Crippen molar-refractivity contribution in [2.24, 2.45) is 5.92 Å². The number of anilines is 1. The summed E-state index contributed by atoms with van der Waals surface area (Å²) in [5, 5.41) is -0.0279. The van der Waals surface area contributed by atoms with E-state index in [-0.39, 0.29) is 33.8 Å². The first-order valence-corrected chi connectivity index (χ1v) is 8.79. The maximum Gasteiger partial charge on any atom is 0.228 e. The van der Waals surface area contributed by atoms with Crippen LogP contribution in [0.2, 0.25) is 10.4 Å². The highest BCUT2D eigenvalue weighted by Gasteiger charge is 2.34. The Balaban J connectivity index is 1.85. The molecule has 11 heteroatoms. The Hall–Kier alpha value is -1.52. The van der Waals surface area contributed by atoms with Crippen molar-refractivity contribution in [3.05, 3.63) is 16.3 Å². The second-order valence-corrected chi connectivity index (χ2v) is 6.83. The van der Waals surface area contributed by atoms with Crippen LogP contribution in [0.3, 0.4) is 0 Å². The molecule has 2 aliphatic rings. The molecule has 2 aromatic rings. The Kier molecular flexibility index (Phi) is 4.98. The fourth-order valence-electron chi connectivity index (χ4n) is 3.22. The molecule has 2 aliphatic heterocycles. The molecule has 0 bridgehead atoms. The van der Waals surface area contributed by atoms with Gasteiger partial charge < -0.3 is 19.2 Å². The Morgan fingerprint density at radius 1 is 1.27 bits per heavy atom. The van der Waals surface area contributed by atoms with Crippen molar-refractivity contribution in [1.29, 1.82) is 0 Å². The van der Waals surface area contributed by atoms with Crippen LogP contribution in [0, 0.1) is 11.7 Å². The van der Waals surface area contributed by atoms with Gasteiger partial charge in [-0.05, 0) is 11.6 Å². The number of pyridine rings is 1. The molecule has 0 spiro atoms. The summed E-state index contributed by atoms with van der Waals surface area (Å²) in [6, 6.07) is -0.132. The van der Waals surface area contributed by atoms with Crippen LogP contribution in [0.1, 0.15) is 0 Å². The zero-order valence-electron chi connectivity index (χ0n) is 13.8. The van der Waals surface area contributed by atoms with Gasteiger partial charge in [0.2, 0.25) is 11.2 Å². The molecule has 0 amide bonds. The average Bonchev–Trinajstić information content (AvgIpc) is 2.90. The Morgan fingerprint density at radius 2 is 2.12 bits per heavy atom. The van der Waals surface area contributed by atoms with E-state index in [1.807, 2.05) is 4.90 Å². The van der Waals surface area contributed by atoms with Crippen LogP contribution in [-0.2, 0) is 9.57 Å². The highest BCUT2D eigenvalue weighted by Crippen LogP contribution is 2.39. The van der Waals surface area contributed by atoms with Gasteiger partial charge in [0.1, 0.15) is 23.3 Å². The summed E-state index contributed by atoms with van der Waals surface area (Å²) in [6.45, 7) is 2.45. The van der Waals surface area contributed by atoms with Gasteiger partial charge in [-0.25, -0.2) is 14.9 Å². The van der Waals surface area contributed by atoms with Crippen molar-refractivity contribution in [1.82, 2.24) is 20.4 Å². The molecule has 2 aromatic heterocycles. The molecule has 1 fully saturated rings. The first-order valence-electron chi connectivity index (χ1n) is 8.03. The van der Waals surface area contributed by atoms with Gasteiger partial charge in [0, 0.05) is 19.0 Å². The molecule has 140 valence electrons. The van der Waals surface area contributed by atoms with Gasteiger partial charge >= 0.3 is 0 Å². The van der Waals surface area contributed by atoms with Crippen molar-refractivity contribution in [2.75, 3.05) is 44.9 Å². The largest absolute Gasteiger partial charge is 0.475 e. The van der Waals surface area contributed by atoms with E-state index in [0.717, 1.165) is 0 Å². The van der Waals surface area contributed by atoms with Crippen LogP contribution in [0.25, 0.3) is 10.9 Å². The summed E-state index contributed by atoms with van der Waals surface area (Å²) in [5.74, 6) is 0.0308. The number of nitrogens with zero attached hydrogens (tertiary/aromatic N) is 4. The van der Waals surface area contributed by atoms with Crippen molar-refractivity contribution in [3.63, 3.8) is 0 Å². The van der Waals surface area contributed by atoms with Crippen LogP contribution in [0.4, 0.5) is 10.2 Å². The van der Waals surface area contributed by atoms with Crippen LogP contribution in [0.5, 0.6) is 5.88 Å². The summed E-state index contributed by atoms with van der Waals surface area (Å²) in [6.07, 6.45) is 0. The number of nitrogens with one attached hydrogen (secondary N) is 1. The predicted molar refractivity (Wildman–Crippen MR) is 93.3 cm³/mol. The standard InChI is InChI=1S/C15H16Cl2FN5O3/c1-24-19-2-7-3-23-8(5-25-4-7)6-26-14-9-11(10(18)12(16)21-14)20-15(17)22-13(9)23/h7-8,19H,2-6H2,1H3/t7?,8-/m0/s1. The number of rotatable bonds is 3. The van der Waals surface area contributed by atoms with Crippen LogP contribution < -0.4 is 15.1 Å². The normalized spacial score (nSPS) is 22.5. The Bertz CT molecular complexity index is 843. The minimum atomic E-state index is -0.748. The maximum absolute atomic E-state index is 14.5. The molecule has 2 atom stereocenters. The molecule has 0 radical (unpaired) electrons. The second-order valence-electron chi connectivity index (χ2n) is 6.13. The lowest BCUT2D eigenvalue weighted by Crippen LogP contribution is -2.44. The second kappa shape index (κ2) is 7.24. The number of hydroxylamine groups is 1. The molecular formula is C15H16Cl2FN5O3. The van der Waals surface area contributed by atoms with Crippen molar-refractivity contribution < 1.29 is 18.7 Å². The number of aromatic nitrogens is 3. The van der Waals surface area contributed by atoms with E-state index in [1.54, 1.807) is 7.11 Å². The van der Waals surface area contributed by atoms with E-state index >= 15 is 0 Å². The summed E-state index contributed by atoms with van der Waals surface area (Å²) >= 11 is 11.9. The van der Waals surface area contributed by atoms with Gasteiger partial charge in [0.25, 0.3) is 0 Å². The zero-order chi connectivity index (χ0) is 18.3. The molecule has 1 unspecified atom stereocenters. The summed E-state index contributed by atoms with van der Waals surface area (Å²) < 4.78 is 26.1. The number of hydrogen-bond acceptors (Lipinski definition) is 8. The minimum absolute atomic E-state index is 0.00705. The van der Waals surface area contributed by atoms with E-state index in [9.17, 15) is 4.39 Å². The highest BCUT2D eigenvalue weighted by molar-refractivity contribution is 6.31. The first-order chi connectivity index (χ1) is 12.6. The molecule has 4 heterocycles. The molecule has 1 saturated heterocycles. The first kappa shape index (κ1) is 17.9. The van der Waals surface area contributed by atoms with Gasteiger partial charge in [0.15, 0.2) is 11.0 Å². The number of halogens is 3. The minimum Gasteiger partial charge on any atom is -0.475 e. The SMILES string of the molecule is CONCC1COC[C@H]2COc3nc(Cl)c(F)c4nc(Cl)nc(c34)N2C1. The van der Waals surface area contributed by atoms with Crippen molar-refractivity contribution in [2.45, 2.75) is 6.04 Å². The highest BCUT2D eigenvalue weighted by atomic mass is 35.5. The van der Waals surface area contributed by atoms with Gasteiger partial charge in [-0.2, -0.15) is 9.97 Å². The average molecular weight is 404 g/mol. The topological polar surface area (TPSA) is 81.6 Å². The Morgan fingerprint density at radius 3 is 2.92 bits per heavy atom. The van der Waals surface area contributed by atoms with E-state index in [4.69, 9.17) is 37.5 Å². The van der Waals surface area contributed by atoms with Crippen molar-refractivity contribution >= 4 is 39.9 Å². The fraction of sp³-hybridized carbons (Fsp3) is 0.533. The fourth-order valence-corrected chi connectivity index (χ4v) is 3.55. The van der Waals surface area contributed by atoms with Crippen LogP contribution >= 0.6 is 23.2 Å². The lowest BCUT2D eigenvalue weighted by molar-refractivity contribution is 0.0555. The number of fused-ring (bicyclic) bond motifs is 2. The van der Waals surface area contributed by atoms with Gasteiger partial charge in [0.05, 0.1) is 26.4 Å². The van der Waals surface area contributed by atoms with Crippen LogP contribution in [-0.4, -0.2) is 61.0 Å². The molecule has 26 heavy (non-hydrogen) atoms. The summed E-state index contributed by atoms with van der Waals surface area (Å²) in [5.41, 5.74) is 2.84. The Labute approximate surface area is 158 Å². The third kappa shape index (κ3) is 3.14. The van der Waals surface area contributed by atoms with Gasteiger partial charge in [-0.3, -0.25) is 0 Å². The molecule has 0 aromatic carbocycles. The zero-order valence-corrected chi connectivity index (χ0v) is 15.3. The molecular weight excluding hydrogens is 388 g/mol. The molecule has 0 saturated carbocycles. The molecule has 4 rings (SSSR count). The number of ether oxygens (including phenoxy) is 2. The van der Waals surface area contributed by atoms with E-state index < -0.39 is 5.82 Å². The lowest BCUT2D eigenvalue weighted by Gasteiger charge is -2.30. The monoisotopic (exact) mass is 403 g/mol. The summed E-state index contributed by atoms with van der Waals surface area (Å²) in [4.78, 5) is 19.3. The number of hydrogen-bond donors (Lipinski definition) is 1. The lowest BCUT2D eigenvalue weighted by atomic mass is 10.1. The van der Waals surface area contributed by atoms with Gasteiger partial charge in [-0.15, -0.1) is 0 Å². The maximum atomic E-state index is 14.5. The van der Waals surface area contributed by atoms with E-state index in [0.29, 0.717) is 44.1 Å². The molecule has 0 aliphatic carbocycles. The molecule has 8 nitrogen and oxygen atoms in total. The quantitative estimate of drug-likeness (QED) is 0.472. The smallest absolute Gasteiger partial charge is 0.228 e. The van der Waals surface area contributed by atoms with E-state index in [1.165, 1.54) is 0 Å². The third-order valence-corrected chi connectivity index (χ3v) is 4.84.